The SMILES string of the molecule is CSC(Nc1ccc(Cl)cc1)=C(C#N)S(C)(=O)=O. The number of nitriles is 1. The molecule has 0 aliphatic heterocycles. The fourth-order valence-electron chi connectivity index (χ4n) is 1.17. The summed E-state index contributed by atoms with van der Waals surface area (Å²) in [7, 11) is -3.55. The number of benzene rings is 1. The maximum absolute atomic E-state index is 11.5. The summed E-state index contributed by atoms with van der Waals surface area (Å²) in [5, 5.41) is 12.7. The van der Waals surface area contributed by atoms with Crippen LogP contribution in [-0.2, 0) is 9.84 Å². The van der Waals surface area contributed by atoms with Crippen LogP contribution >= 0.6 is 23.4 Å². The van der Waals surface area contributed by atoms with Crippen LogP contribution < -0.4 is 5.32 Å². The molecule has 0 aliphatic carbocycles. The van der Waals surface area contributed by atoms with Crippen LogP contribution in [-0.4, -0.2) is 20.9 Å². The highest BCUT2D eigenvalue weighted by Gasteiger charge is 2.17. The third kappa shape index (κ3) is 3.95. The Morgan fingerprint density at radius 1 is 1.39 bits per heavy atom. The summed E-state index contributed by atoms with van der Waals surface area (Å²) in [6.45, 7) is 0. The molecule has 0 saturated carbocycles. The highest BCUT2D eigenvalue weighted by atomic mass is 35.5. The zero-order chi connectivity index (χ0) is 13.8. The van der Waals surface area contributed by atoms with Crippen molar-refractivity contribution >= 4 is 38.9 Å². The summed E-state index contributed by atoms with van der Waals surface area (Å²) >= 11 is 6.91. The number of hydrogen-bond donors (Lipinski definition) is 1. The average molecular weight is 303 g/mol. The van der Waals surface area contributed by atoms with Crippen molar-refractivity contribution in [3.8, 4) is 6.07 Å². The van der Waals surface area contributed by atoms with Crippen molar-refractivity contribution in [1.29, 1.82) is 5.26 Å². The zero-order valence-corrected chi connectivity index (χ0v) is 12.2. The largest absolute Gasteiger partial charge is 0.349 e. The Morgan fingerprint density at radius 3 is 2.33 bits per heavy atom. The molecule has 0 spiro atoms. The van der Waals surface area contributed by atoms with E-state index in [1.165, 1.54) is 0 Å². The molecule has 0 heterocycles. The molecule has 0 fully saturated rings. The summed E-state index contributed by atoms with van der Waals surface area (Å²) in [4.78, 5) is -0.273. The third-order valence-corrected chi connectivity index (χ3v) is 4.12. The number of thioether (sulfide) groups is 1. The fourth-order valence-corrected chi connectivity index (χ4v) is 3.00. The minimum Gasteiger partial charge on any atom is -0.349 e. The molecule has 0 saturated heterocycles. The van der Waals surface area contributed by atoms with Gasteiger partial charge in [-0.05, 0) is 30.5 Å². The van der Waals surface area contributed by atoms with E-state index >= 15 is 0 Å². The Morgan fingerprint density at radius 2 is 1.94 bits per heavy atom. The minimum absolute atomic E-state index is 0.273. The smallest absolute Gasteiger partial charge is 0.188 e. The molecule has 96 valence electrons. The normalized spacial score (nSPS) is 12.6. The van der Waals surface area contributed by atoms with Gasteiger partial charge in [0.15, 0.2) is 14.7 Å². The van der Waals surface area contributed by atoms with Gasteiger partial charge in [0.2, 0.25) is 0 Å². The Kier molecular flexibility index (Phi) is 5.08. The second-order valence-corrected chi connectivity index (χ2v) is 6.58. The number of rotatable bonds is 4. The van der Waals surface area contributed by atoms with E-state index in [4.69, 9.17) is 16.9 Å². The van der Waals surface area contributed by atoms with Crippen LogP contribution in [0.4, 0.5) is 5.69 Å². The van der Waals surface area contributed by atoms with Gasteiger partial charge < -0.3 is 5.32 Å². The lowest BCUT2D eigenvalue weighted by molar-refractivity contribution is 0.608. The van der Waals surface area contributed by atoms with E-state index in [2.05, 4.69) is 5.32 Å². The highest BCUT2D eigenvalue weighted by Crippen LogP contribution is 2.24. The minimum atomic E-state index is -3.55. The standard InChI is InChI=1S/C11H11ClN2O2S2/c1-17-11(10(7-13)18(2,15)16)14-9-5-3-8(12)4-6-9/h3-6,14H,1-2H3. The van der Waals surface area contributed by atoms with Gasteiger partial charge in [-0.25, -0.2) is 8.42 Å². The Labute approximate surface area is 116 Å². The molecule has 1 N–H and O–H groups in total. The predicted octanol–water partition coefficient (Wildman–Crippen LogP) is 2.85. The number of sulfone groups is 1. The third-order valence-electron chi connectivity index (χ3n) is 1.98. The van der Waals surface area contributed by atoms with E-state index in [0.717, 1.165) is 18.0 Å². The monoisotopic (exact) mass is 302 g/mol. The maximum Gasteiger partial charge on any atom is 0.188 e. The summed E-state index contributed by atoms with van der Waals surface area (Å²) in [6, 6.07) is 8.47. The van der Waals surface area contributed by atoms with Crippen LogP contribution in [0.1, 0.15) is 0 Å². The molecule has 0 unspecified atom stereocenters. The summed E-state index contributed by atoms with van der Waals surface area (Å²) in [5.41, 5.74) is 0.667. The lowest BCUT2D eigenvalue weighted by Crippen LogP contribution is -2.07. The Bertz CT molecular complexity index is 601. The molecule has 4 nitrogen and oxygen atoms in total. The summed E-state index contributed by atoms with van der Waals surface area (Å²) < 4.78 is 22.9. The highest BCUT2D eigenvalue weighted by molar-refractivity contribution is 8.04. The maximum atomic E-state index is 11.5. The van der Waals surface area contributed by atoms with Crippen LogP contribution in [0.2, 0.25) is 5.02 Å². The predicted molar refractivity (Wildman–Crippen MR) is 76.1 cm³/mol. The van der Waals surface area contributed by atoms with Crippen LogP contribution in [0.15, 0.2) is 34.2 Å². The summed E-state index contributed by atoms with van der Waals surface area (Å²) in [5.74, 6) is 0. The first-order valence-corrected chi connectivity index (χ1v) is 8.29. The van der Waals surface area contributed by atoms with E-state index in [1.807, 2.05) is 0 Å². The van der Waals surface area contributed by atoms with Gasteiger partial charge in [-0.15, -0.1) is 11.8 Å². The van der Waals surface area contributed by atoms with Crippen LogP contribution in [0.25, 0.3) is 0 Å². The first kappa shape index (κ1) is 14.9. The first-order valence-electron chi connectivity index (χ1n) is 4.79. The molecule has 0 amide bonds. The number of hydrogen-bond acceptors (Lipinski definition) is 5. The van der Waals surface area contributed by atoms with Crippen LogP contribution in [0.5, 0.6) is 0 Å². The fraction of sp³-hybridized carbons (Fsp3) is 0.182. The Hall–Kier alpha value is -1.16. The number of anilines is 1. The van der Waals surface area contributed by atoms with Gasteiger partial charge in [-0.3, -0.25) is 0 Å². The Balaban J connectivity index is 3.16. The van der Waals surface area contributed by atoms with Gasteiger partial charge in [0.1, 0.15) is 11.1 Å². The molecule has 18 heavy (non-hydrogen) atoms. The number of nitrogens with zero attached hydrogens (tertiary/aromatic N) is 1. The molecular weight excluding hydrogens is 292 g/mol. The van der Waals surface area contributed by atoms with E-state index in [1.54, 1.807) is 36.6 Å². The quantitative estimate of drug-likeness (QED) is 0.866. The number of halogens is 1. The molecule has 0 atom stereocenters. The van der Waals surface area contributed by atoms with E-state index in [9.17, 15) is 8.42 Å². The molecule has 0 aromatic heterocycles. The molecular formula is C11H11ClN2O2S2. The molecule has 0 radical (unpaired) electrons. The molecule has 7 heteroatoms. The van der Waals surface area contributed by atoms with E-state index in [-0.39, 0.29) is 4.91 Å². The number of allylic oxidation sites excluding steroid dienone is 1. The molecule has 1 aromatic carbocycles. The zero-order valence-electron chi connectivity index (χ0n) is 9.77. The lowest BCUT2D eigenvalue weighted by Gasteiger charge is -2.10. The van der Waals surface area contributed by atoms with E-state index < -0.39 is 9.84 Å². The molecule has 0 bridgehead atoms. The van der Waals surface area contributed by atoms with Gasteiger partial charge in [0.25, 0.3) is 0 Å². The molecule has 1 rings (SSSR count). The molecule has 0 aliphatic rings. The van der Waals surface area contributed by atoms with Crippen molar-refractivity contribution in [2.75, 3.05) is 17.8 Å². The van der Waals surface area contributed by atoms with Crippen molar-refractivity contribution in [2.24, 2.45) is 0 Å². The average Bonchev–Trinajstić information content (AvgIpc) is 2.29. The van der Waals surface area contributed by atoms with Crippen molar-refractivity contribution in [3.63, 3.8) is 0 Å². The van der Waals surface area contributed by atoms with Gasteiger partial charge in [0.05, 0.1) is 0 Å². The molecule has 1 aromatic rings. The first-order chi connectivity index (χ1) is 8.38. The van der Waals surface area contributed by atoms with Gasteiger partial charge in [-0.2, -0.15) is 5.26 Å². The van der Waals surface area contributed by atoms with Gasteiger partial charge in [0, 0.05) is 17.0 Å². The van der Waals surface area contributed by atoms with Gasteiger partial charge in [-0.1, -0.05) is 11.6 Å². The lowest BCUT2D eigenvalue weighted by atomic mass is 10.3. The van der Waals surface area contributed by atoms with Crippen molar-refractivity contribution in [3.05, 3.63) is 39.2 Å². The van der Waals surface area contributed by atoms with Crippen molar-refractivity contribution in [2.45, 2.75) is 0 Å². The van der Waals surface area contributed by atoms with Gasteiger partial charge >= 0.3 is 0 Å². The van der Waals surface area contributed by atoms with Crippen LogP contribution in [0.3, 0.4) is 0 Å². The van der Waals surface area contributed by atoms with Crippen LogP contribution in [0, 0.1) is 11.3 Å². The van der Waals surface area contributed by atoms with Crippen molar-refractivity contribution < 1.29 is 8.42 Å². The topological polar surface area (TPSA) is 70.0 Å². The van der Waals surface area contributed by atoms with E-state index in [0.29, 0.717) is 15.7 Å². The second kappa shape index (κ2) is 6.14. The summed E-state index contributed by atoms with van der Waals surface area (Å²) in [6.07, 6.45) is 2.70. The second-order valence-electron chi connectivity index (χ2n) is 3.38. The number of nitrogens with one attached hydrogen (secondary N) is 1. The van der Waals surface area contributed by atoms with Crippen molar-refractivity contribution in [1.82, 2.24) is 0 Å².